The number of hydrogen-bond acceptors (Lipinski definition) is 3. The summed E-state index contributed by atoms with van der Waals surface area (Å²) < 4.78 is 59.6. The minimum Gasteiger partial charge on any atom is -0.493 e. The first-order chi connectivity index (χ1) is 15.0. The largest absolute Gasteiger partial charge is 0.493 e. The molecule has 3 nitrogen and oxygen atoms in total. The number of aryl methyl sites for hydroxylation is 1. The monoisotopic (exact) mass is 436 g/mol. The van der Waals surface area contributed by atoms with Crippen molar-refractivity contribution in [3.05, 3.63) is 58.9 Å². The van der Waals surface area contributed by atoms with Gasteiger partial charge in [-0.1, -0.05) is 32.3 Å². The van der Waals surface area contributed by atoms with Crippen molar-refractivity contribution in [3.63, 3.8) is 0 Å². The first kappa shape index (κ1) is 23.5. The summed E-state index contributed by atoms with van der Waals surface area (Å²) in [4.78, 5) is 0. The van der Waals surface area contributed by atoms with Gasteiger partial charge in [0.2, 0.25) is 5.82 Å². The SMILES string of the molecule is CCCCCCOc1ccc(C2CCC(COc3ccc(C)c(F)c3)CO2)c(F)c1F. The second kappa shape index (κ2) is 11.4. The van der Waals surface area contributed by atoms with E-state index in [2.05, 4.69) is 6.92 Å². The summed E-state index contributed by atoms with van der Waals surface area (Å²) in [5, 5.41) is 0. The van der Waals surface area contributed by atoms with Crippen molar-refractivity contribution in [1.82, 2.24) is 0 Å². The zero-order chi connectivity index (χ0) is 22.2. The molecule has 1 saturated heterocycles. The highest BCUT2D eigenvalue weighted by molar-refractivity contribution is 5.32. The molecule has 0 aromatic heterocycles. The topological polar surface area (TPSA) is 27.7 Å². The maximum atomic E-state index is 14.6. The summed E-state index contributed by atoms with van der Waals surface area (Å²) in [6.07, 6.45) is 4.85. The number of benzene rings is 2. The maximum Gasteiger partial charge on any atom is 0.200 e. The molecule has 1 aliphatic heterocycles. The van der Waals surface area contributed by atoms with Gasteiger partial charge in [0.25, 0.3) is 0 Å². The molecule has 2 aromatic carbocycles. The number of halogens is 3. The van der Waals surface area contributed by atoms with Crippen molar-refractivity contribution < 1.29 is 27.4 Å². The van der Waals surface area contributed by atoms with Gasteiger partial charge in [0, 0.05) is 17.5 Å². The van der Waals surface area contributed by atoms with Crippen molar-refractivity contribution in [2.75, 3.05) is 19.8 Å². The molecule has 0 aliphatic carbocycles. The number of hydrogen-bond donors (Lipinski definition) is 0. The predicted octanol–water partition coefficient (Wildman–Crippen LogP) is 6.92. The second-order valence-electron chi connectivity index (χ2n) is 8.18. The molecule has 3 rings (SSSR count). The Hall–Kier alpha value is -2.21. The van der Waals surface area contributed by atoms with E-state index in [0.717, 1.165) is 32.1 Å². The van der Waals surface area contributed by atoms with Crippen molar-refractivity contribution in [1.29, 1.82) is 0 Å². The molecule has 0 bridgehead atoms. The van der Waals surface area contributed by atoms with Crippen LogP contribution in [0.3, 0.4) is 0 Å². The number of ether oxygens (including phenoxy) is 3. The van der Waals surface area contributed by atoms with Crippen LogP contribution >= 0.6 is 0 Å². The summed E-state index contributed by atoms with van der Waals surface area (Å²) >= 11 is 0. The average molecular weight is 437 g/mol. The Morgan fingerprint density at radius 1 is 0.968 bits per heavy atom. The van der Waals surface area contributed by atoms with E-state index in [-0.39, 0.29) is 23.0 Å². The smallest absolute Gasteiger partial charge is 0.200 e. The van der Waals surface area contributed by atoms with Crippen LogP contribution in [0.5, 0.6) is 11.5 Å². The van der Waals surface area contributed by atoms with Gasteiger partial charge >= 0.3 is 0 Å². The van der Waals surface area contributed by atoms with Crippen LogP contribution in [0.25, 0.3) is 0 Å². The quantitative estimate of drug-likeness (QED) is 0.379. The molecular formula is C25H31F3O3. The van der Waals surface area contributed by atoms with E-state index in [4.69, 9.17) is 14.2 Å². The fourth-order valence-corrected chi connectivity index (χ4v) is 3.68. The molecule has 6 heteroatoms. The first-order valence-electron chi connectivity index (χ1n) is 11.1. The van der Waals surface area contributed by atoms with Crippen LogP contribution in [0, 0.1) is 30.3 Å². The third-order valence-corrected chi connectivity index (χ3v) is 5.68. The van der Waals surface area contributed by atoms with Crippen LogP contribution in [-0.2, 0) is 4.74 Å². The van der Waals surface area contributed by atoms with E-state index in [9.17, 15) is 13.2 Å². The predicted molar refractivity (Wildman–Crippen MR) is 114 cm³/mol. The number of unbranched alkanes of at least 4 members (excludes halogenated alkanes) is 3. The van der Waals surface area contributed by atoms with Crippen LogP contribution < -0.4 is 9.47 Å². The number of rotatable bonds is 10. The van der Waals surface area contributed by atoms with Crippen LogP contribution in [0.1, 0.15) is 62.7 Å². The Kier molecular flexibility index (Phi) is 8.64. The van der Waals surface area contributed by atoms with Crippen molar-refractivity contribution >= 4 is 0 Å². The maximum absolute atomic E-state index is 14.6. The summed E-state index contributed by atoms with van der Waals surface area (Å²) in [5.41, 5.74) is 0.786. The van der Waals surface area contributed by atoms with Gasteiger partial charge in [-0.25, -0.2) is 8.78 Å². The van der Waals surface area contributed by atoms with Gasteiger partial charge in [-0.05, 0) is 49.9 Å². The van der Waals surface area contributed by atoms with Gasteiger partial charge in [-0.15, -0.1) is 0 Å². The second-order valence-corrected chi connectivity index (χ2v) is 8.18. The lowest BCUT2D eigenvalue weighted by molar-refractivity contribution is -0.0304. The zero-order valence-electron chi connectivity index (χ0n) is 18.3. The average Bonchev–Trinajstić information content (AvgIpc) is 2.78. The van der Waals surface area contributed by atoms with Crippen LogP contribution in [0.15, 0.2) is 30.3 Å². The highest BCUT2D eigenvalue weighted by Crippen LogP contribution is 2.35. The Morgan fingerprint density at radius 2 is 1.81 bits per heavy atom. The molecule has 31 heavy (non-hydrogen) atoms. The molecule has 1 aliphatic rings. The van der Waals surface area contributed by atoms with Crippen LogP contribution in [0.2, 0.25) is 0 Å². The van der Waals surface area contributed by atoms with Crippen molar-refractivity contribution in [3.8, 4) is 11.5 Å². The first-order valence-corrected chi connectivity index (χ1v) is 11.1. The highest BCUT2D eigenvalue weighted by Gasteiger charge is 2.27. The third kappa shape index (κ3) is 6.39. The third-order valence-electron chi connectivity index (χ3n) is 5.68. The fraction of sp³-hybridized carbons (Fsp3) is 0.520. The van der Waals surface area contributed by atoms with E-state index in [1.54, 1.807) is 25.1 Å². The van der Waals surface area contributed by atoms with Crippen LogP contribution in [0.4, 0.5) is 13.2 Å². The minimum atomic E-state index is -0.955. The lowest BCUT2D eigenvalue weighted by Gasteiger charge is -2.29. The molecule has 170 valence electrons. The Balaban J connectivity index is 1.49. The Labute approximate surface area is 182 Å². The minimum absolute atomic E-state index is 0.0508. The summed E-state index contributed by atoms with van der Waals surface area (Å²) in [6.45, 7) is 4.94. The van der Waals surface area contributed by atoms with Gasteiger partial charge in [-0.2, -0.15) is 4.39 Å². The molecule has 1 fully saturated rings. The standard InChI is InChI=1S/C25H31F3O3/c1-3-4-5-6-13-29-23-12-10-20(24(27)25(23)28)22-11-8-18(16-31-22)15-30-19-9-7-17(2)21(26)14-19/h7,9-10,12,14,18,22H,3-6,8,11,13,15-16H2,1-2H3. The van der Waals surface area contributed by atoms with E-state index in [1.807, 2.05) is 0 Å². The van der Waals surface area contributed by atoms with Gasteiger partial charge in [0.15, 0.2) is 11.6 Å². The Morgan fingerprint density at radius 3 is 2.52 bits per heavy atom. The van der Waals surface area contributed by atoms with Gasteiger partial charge in [-0.3, -0.25) is 0 Å². The molecule has 0 saturated carbocycles. The fourth-order valence-electron chi connectivity index (χ4n) is 3.68. The lowest BCUT2D eigenvalue weighted by atomic mass is 9.94. The molecule has 0 radical (unpaired) electrons. The molecule has 2 unspecified atom stereocenters. The molecule has 0 N–H and O–H groups in total. The Bertz CT molecular complexity index is 848. The van der Waals surface area contributed by atoms with Crippen LogP contribution in [-0.4, -0.2) is 19.8 Å². The van der Waals surface area contributed by atoms with Gasteiger partial charge in [0.05, 0.1) is 25.9 Å². The summed E-state index contributed by atoms with van der Waals surface area (Å²) in [6, 6.07) is 7.81. The van der Waals surface area contributed by atoms with Gasteiger partial charge < -0.3 is 14.2 Å². The molecule has 0 spiro atoms. The molecule has 2 aromatic rings. The summed E-state index contributed by atoms with van der Waals surface area (Å²) in [5.74, 6) is -1.62. The van der Waals surface area contributed by atoms with E-state index < -0.39 is 17.7 Å². The lowest BCUT2D eigenvalue weighted by Crippen LogP contribution is -2.26. The van der Waals surface area contributed by atoms with Crippen molar-refractivity contribution in [2.45, 2.75) is 58.5 Å². The van der Waals surface area contributed by atoms with E-state index in [1.165, 1.54) is 12.1 Å². The molecule has 2 atom stereocenters. The zero-order valence-corrected chi connectivity index (χ0v) is 18.3. The normalized spacial score (nSPS) is 18.7. The van der Waals surface area contributed by atoms with Gasteiger partial charge in [0.1, 0.15) is 11.6 Å². The summed E-state index contributed by atoms with van der Waals surface area (Å²) in [7, 11) is 0. The highest BCUT2D eigenvalue weighted by atomic mass is 19.2. The van der Waals surface area contributed by atoms with E-state index >= 15 is 0 Å². The molecular weight excluding hydrogens is 405 g/mol. The molecule has 1 heterocycles. The molecule has 0 amide bonds. The van der Waals surface area contributed by atoms with Crippen molar-refractivity contribution in [2.24, 2.45) is 5.92 Å². The van der Waals surface area contributed by atoms with E-state index in [0.29, 0.717) is 37.6 Å².